The summed E-state index contributed by atoms with van der Waals surface area (Å²) in [5.74, 6) is 0.524. The van der Waals surface area contributed by atoms with E-state index in [0.717, 1.165) is 15.7 Å². The highest BCUT2D eigenvalue weighted by Gasteiger charge is 2.21. The molecule has 0 aliphatic carbocycles. The van der Waals surface area contributed by atoms with Gasteiger partial charge in [0, 0.05) is 16.7 Å². The SMILES string of the molecule is CC(C)(C)c1nc2cc(NC(=O)c3ccc4ncsc4c3)ccc2o1. The number of aromatic nitrogens is 2. The van der Waals surface area contributed by atoms with Crippen molar-refractivity contribution >= 4 is 44.2 Å². The van der Waals surface area contributed by atoms with E-state index in [4.69, 9.17) is 4.42 Å². The second kappa shape index (κ2) is 5.67. The summed E-state index contributed by atoms with van der Waals surface area (Å²) in [7, 11) is 0. The molecule has 0 saturated carbocycles. The molecule has 0 unspecified atom stereocenters. The lowest BCUT2D eigenvalue weighted by Crippen LogP contribution is -2.11. The van der Waals surface area contributed by atoms with Crippen molar-refractivity contribution in [2.75, 3.05) is 5.32 Å². The van der Waals surface area contributed by atoms with Crippen LogP contribution in [0, 0.1) is 0 Å². The molecule has 4 rings (SSSR count). The third-order valence-corrected chi connectivity index (χ3v) is 4.67. The number of nitrogens with zero attached hydrogens (tertiary/aromatic N) is 2. The first-order chi connectivity index (χ1) is 11.9. The molecule has 0 radical (unpaired) electrons. The van der Waals surface area contributed by atoms with E-state index in [1.54, 1.807) is 11.6 Å². The third kappa shape index (κ3) is 3.00. The van der Waals surface area contributed by atoms with Crippen LogP contribution in [0.25, 0.3) is 21.3 Å². The molecule has 2 heterocycles. The second-order valence-corrected chi connectivity index (χ2v) is 7.83. The largest absolute Gasteiger partial charge is 0.440 e. The number of nitrogens with one attached hydrogen (secondary N) is 1. The number of carbonyl (C=O) groups excluding carboxylic acids is 1. The van der Waals surface area contributed by atoms with Gasteiger partial charge < -0.3 is 9.73 Å². The average Bonchev–Trinajstić information content (AvgIpc) is 3.19. The topological polar surface area (TPSA) is 68.0 Å². The van der Waals surface area contributed by atoms with Gasteiger partial charge in [-0.15, -0.1) is 11.3 Å². The molecular weight excluding hydrogens is 334 g/mol. The molecule has 4 aromatic rings. The van der Waals surface area contributed by atoms with Crippen LogP contribution in [0.5, 0.6) is 0 Å². The first-order valence-corrected chi connectivity index (χ1v) is 8.84. The van der Waals surface area contributed by atoms with Crippen LogP contribution < -0.4 is 5.32 Å². The van der Waals surface area contributed by atoms with Crippen LogP contribution in [-0.2, 0) is 5.41 Å². The molecule has 5 nitrogen and oxygen atoms in total. The Labute approximate surface area is 148 Å². The van der Waals surface area contributed by atoms with Gasteiger partial charge in [0.15, 0.2) is 5.58 Å². The Hall–Kier alpha value is -2.73. The number of amides is 1. The van der Waals surface area contributed by atoms with Crippen LogP contribution in [0.3, 0.4) is 0 Å². The third-order valence-electron chi connectivity index (χ3n) is 3.88. The fraction of sp³-hybridized carbons (Fsp3) is 0.211. The van der Waals surface area contributed by atoms with E-state index in [1.165, 1.54) is 11.3 Å². The lowest BCUT2D eigenvalue weighted by Gasteiger charge is -2.11. The predicted octanol–water partition coefficient (Wildman–Crippen LogP) is 4.99. The van der Waals surface area contributed by atoms with E-state index in [-0.39, 0.29) is 11.3 Å². The van der Waals surface area contributed by atoms with Crippen molar-refractivity contribution in [2.24, 2.45) is 0 Å². The van der Waals surface area contributed by atoms with Gasteiger partial charge >= 0.3 is 0 Å². The van der Waals surface area contributed by atoms with E-state index in [1.807, 2.05) is 30.3 Å². The van der Waals surface area contributed by atoms with Crippen LogP contribution in [0.1, 0.15) is 37.0 Å². The van der Waals surface area contributed by atoms with Crippen molar-refractivity contribution in [3.8, 4) is 0 Å². The number of anilines is 1. The maximum atomic E-state index is 12.5. The lowest BCUT2D eigenvalue weighted by molar-refractivity contribution is 0.102. The molecule has 0 aliphatic rings. The monoisotopic (exact) mass is 351 g/mol. The zero-order chi connectivity index (χ0) is 17.6. The normalized spacial score (nSPS) is 12.0. The Morgan fingerprint density at radius 1 is 1.12 bits per heavy atom. The quantitative estimate of drug-likeness (QED) is 0.552. The van der Waals surface area contributed by atoms with Crippen molar-refractivity contribution in [1.82, 2.24) is 9.97 Å². The standard InChI is InChI=1S/C19H17N3O2S/c1-19(2,3)18-22-14-9-12(5-7-15(14)24-18)21-17(23)11-4-6-13-16(8-11)25-10-20-13/h4-10H,1-3H3,(H,21,23). The lowest BCUT2D eigenvalue weighted by atomic mass is 9.97. The molecule has 2 aromatic carbocycles. The molecule has 0 bridgehead atoms. The number of carbonyl (C=O) groups is 1. The molecule has 0 fully saturated rings. The molecular formula is C19H17N3O2S. The summed E-state index contributed by atoms with van der Waals surface area (Å²) >= 11 is 1.52. The average molecular weight is 351 g/mol. The van der Waals surface area contributed by atoms with Gasteiger partial charge in [-0.1, -0.05) is 20.8 Å². The molecule has 0 aliphatic heterocycles. The van der Waals surface area contributed by atoms with E-state index >= 15 is 0 Å². The Balaban J connectivity index is 1.62. The molecule has 0 saturated heterocycles. The van der Waals surface area contributed by atoms with Gasteiger partial charge in [0.2, 0.25) is 5.89 Å². The van der Waals surface area contributed by atoms with Crippen molar-refractivity contribution in [2.45, 2.75) is 26.2 Å². The van der Waals surface area contributed by atoms with Crippen molar-refractivity contribution in [1.29, 1.82) is 0 Å². The summed E-state index contributed by atoms with van der Waals surface area (Å²) in [5.41, 5.74) is 5.27. The second-order valence-electron chi connectivity index (χ2n) is 6.94. The highest BCUT2D eigenvalue weighted by molar-refractivity contribution is 7.16. The minimum Gasteiger partial charge on any atom is -0.440 e. The first-order valence-electron chi connectivity index (χ1n) is 7.96. The summed E-state index contributed by atoms with van der Waals surface area (Å²) in [6.07, 6.45) is 0. The van der Waals surface area contributed by atoms with Crippen molar-refractivity contribution < 1.29 is 9.21 Å². The highest BCUT2D eigenvalue weighted by atomic mass is 32.1. The van der Waals surface area contributed by atoms with Crippen molar-refractivity contribution in [3.05, 3.63) is 53.4 Å². The van der Waals surface area contributed by atoms with Gasteiger partial charge in [0.05, 0.1) is 15.7 Å². The molecule has 0 spiro atoms. The molecule has 126 valence electrons. The number of benzene rings is 2. The highest BCUT2D eigenvalue weighted by Crippen LogP contribution is 2.27. The zero-order valence-corrected chi connectivity index (χ0v) is 15.0. The minimum atomic E-state index is -0.160. The zero-order valence-electron chi connectivity index (χ0n) is 14.2. The first kappa shape index (κ1) is 15.8. The molecule has 6 heteroatoms. The Morgan fingerprint density at radius 3 is 2.76 bits per heavy atom. The summed E-state index contributed by atoms with van der Waals surface area (Å²) in [4.78, 5) is 21.3. The summed E-state index contributed by atoms with van der Waals surface area (Å²) in [6, 6.07) is 11.0. The smallest absolute Gasteiger partial charge is 0.255 e. The molecule has 0 atom stereocenters. The number of rotatable bonds is 2. The Bertz CT molecular complexity index is 1090. The van der Waals surface area contributed by atoms with Gasteiger partial charge in [-0.2, -0.15) is 0 Å². The van der Waals surface area contributed by atoms with Gasteiger partial charge in [0.25, 0.3) is 5.91 Å². The number of thiazole rings is 1. The summed E-state index contributed by atoms with van der Waals surface area (Å²) < 4.78 is 6.78. The molecule has 2 aromatic heterocycles. The van der Waals surface area contributed by atoms with Crippen LogP contribution in [0.4, 0.5) is 5.69 Å². The molecule has 1 amide bonds. The fourth-order valence-corrected chi connectivity index (χ4v) is 3.24. The minimum absolute atomic E-state index is 0.158. The van der Waals surface area contributed by atoms with Crippen LogP contribution in [0.2, 0.25) is 0 Å². The molecule has 25 heavy (non-hydrogen) atoms. The number of hydrogen-bond donors (Lipinski definition) is 1. The van der Waals surface area contributed by atoms with Crippen LogP contribution in [-0.4, -0.2) is 15.9 Å². The fourth-order valence-electron chi connectivity index (χ4n) is 2.53. The number of fused-ring (bicyclic) bond motifs is 2. The van der Waals surface area contributed by atoms with Gasteiger partial charge in [-0.25, -0.2) is 9.97 Å². The van der Waals surface area contributed by atoms with Gasteiger partial charge in [0.1, 0.15) is 5.52 Å². The van der Waals surface area contributed by atoms with E-state index in [2.05, 4.69) is 36.1 Å². The Morgan fingerprint density at radius 2 is 1.96 bits per heavy atom. The molecule has 1 N–H and O–H groups in total. The summed E-state index contributed by atoms with van der Waals surface area (Å²) in [6.45, 7) is 6.15. The van der Waals surface area contributed by atoms with E-state index < -0.39 is 0 Å². The maximum Gasteiger partial charge on any atom is 0.255 e. The van der Waals surface area contributed by atoms with Crippen LogP contribution in [0.15, 0.2) is 46.3 Å². The maximum absolute atomic E-state index is 12.5. The van der Waals surface area contributed by atoms with Gasteiger partial charge in [-0.05, 0) is 36.4 Å². The number of oxazole rings is 1. The predicted molar refractivity (Wildman–Crippen MR) is 100 cm³/mol. The number of hydrogen-bond acceptors (Lipinski definition) is 5. The van der Waals surface area contributed by atoms with Crippen molar-refractivity contribution in [3.63, 3.8) is 0 Å². The van der Waals surface area contributed by atoms with E-state index in [0.29, 0.717) is 22.7 Å². The van der Waals surface area contributed by atoms with E-state index in [9.17, 15) is 4.79 Å². The van der Waals surface area contributed by atoms with Crippen LogP contribution >= 0.6 is 11.3 Å². The Kier molecular flexibility index (Phi) is 3.58. The summed E-state index contributed by atoms with van der Waals surface area (Å²) in [5, 5.41) is 2.92. The van der Waals surface area contributed by atoms with Gasteiger partial charge in [-0.3, -0.25) is 4.79 Å².